The molecule has 1 fully saturated rings. The highest BCUT2D eigenvalue weighted by Gasteiger charge is 2.27. The molecule has 132 valence electrons. The first-order chi connectivity index (χ1) is 11.5. The molecule has 2 aliphatic rings. The van der Waals surface area contributed by atoms with Gasteiger partial charge in [0.25, 0.3) is 0 Å². The zero-order valence-electron chi connectivity index (χ0n) is 14.3. The Morgan fingerprint density at radius 2 is 1.96 bits per heavy atom. The average molecular weight is 350 g/mol. The zero-order chi connectivity index (χ0) is 17.2. The quantitative estimate of drug-likeness (QED) is 0.906. The van der Waals surface area contributed by atoms with Crippen LogP contribution in [0, 0.1) is 5.92 Å². The zero-order valence-corrected chi connectivity index (χ0v) is 15.1. The number of benzene rings is 1. The fourth-order valence-corrected chi connectivity index (χ4v) is 4.86. The maximum Gasteiger partial charge on any atom is 0.234 e. The molecule has 0 unspecified atom stereocenters. The molecule has 0 radical (unpaired) electrons. The molecule has 0 atom stereocenters. The van der Waals surface area contributed by atoms with Gasteiger partial charge in [-0.1, -0.05) is 25.3 Å². The first-order valence-corrected chi connectivity index (χ1v) is 10.6. The van der Waals surface area contributed by atoms with Crippen LogP contribution in [0.3, 0.4) is 0 Å². The Balaban J connectivity index is 1.81. The number of hydrogen-bond donors (Lipinski definition) is 1. The summed E-state index contributed by atoms with van der Waals surface area (Å²) in [7, 11) is -3.28. The van der Waals surface area contributed by atoms with Crippen molar-refractivity contribution in [2.24, 2.45) is 5.92 Å². The van der Waals surface area contributed by atoms with Crippen LogP contribution in [-0.2, 0) is 21.2 Å². The van der Waals surface area contributed by atoms with Gasteiger partial charge in [-0.15, -0.1) is 0 Å². The van der Waals surface area contributed by atoms with Crippen molar-refractivity contribution in [2.75, 3.05) is 21.9 Å². The Hall–Kier alpha value is -1.56. The fraction of sp³-hybridized carbons (Fsp3) is 0.611. The predicted octanol–water partition coefficient (Wildman–Crippen LogP) is 3.31. The molecule has 0 saturated heterocycles. The van der Waals surface area contributed by atoms with Crippen molar-refractivity contribution in [1.29, 1.82) is 0 Å². The summed E-state index contributed by atoms with van der Waals surface area (Å²) >= 11 is 0. The van der Waals surface area contributed by atoms with Crippen LogP contribution in [0.5, 0.6) is 0 Å². The molecule has 1 N–H and O–H groups in total. The summed E-state index contributed by atoms with van der Waals surface area (Å²) in [4.78, 5) is 12.4. The highest BCUT2D eigenvalue weighted by atomic mass is 32.2. The first-order valence-electron chi connectivity index (χ1n) is 8.95. The van der Waals surface area contributed by atoms with Crippen molar-refractivity contribution in [3.63, 3.8) is 0 Å². The summed E-state index contributed by atoms with van der Waals surface area (Å²) in [6.45, 7) is 2.18. The lowest BCUT2D eigenvalue weighted by Crippen LogP contribution is -2.36. The number of nitrogens with zero attached hydrogens (tertiary/aromatic N) is 1. The van der Waals surface area contributed by atoms with E-state index in [0.717, 1.165) is 49.8 Å². The predicted molar refractivity (Wildman–Crippen MR) is 96.8 cm³/mol. The lowest BCUT2D eigenvalue weighted by molar-refractivity contribution is -0.120. The number of fused-ring (bicyclic) bond motifs is 1. The molecule has 1 aliphatic carbocycles. The largest absolute Gasteiger partial charge is 0.326 e. The number of aryl methyl sites for hydroxylation is 1. The standard InChI is InChI=1S/C18H26N2O3S/c1-2-24(22,23)20-12-6-9-14-10-11-16(13-17(14)20)19-18(21)15-7-4-3-5-8-15/h10-11,13,15H,2-9,12H2,1H3,(H,19,21). The van der Waals surface area contributed by atoms with Crippen LogP contribution < -0.4 is 9.62 Å². The molecule has 24 heavy (non-hydrogen) atoms. The lowest BCUT2D eigenvalue weighted by Gasteiger charge is -2.30. The highest BCUT2D eigenvalue weighted by molar-refractivity contribution is 7.92. The van der Waals surface area contributed by atoms with E-state index in [1.165, 1.54) is 10.7 Å². The SMILES string of the molecule is CCS(=O)(=O)N1CCCc2ccc(NC(=O)C3CCCCC3)cc21. The topological polar surface area (TPSA) is 66.5 Å². The second kappa shape index (κ2) is 7.13. The van der Waals surface area contributed by atoms with Crippen LogP contribution in [0.1, 0.15) is 51.0 Å². The lowest BCUT2D eigenvalue weighted by atomic mass is 9.88. The van der Waals surface area contributed by atoms with Gasteiger partial charge in [-0.05, 0) is 50.3 Å². The summed E-state index contributed by atoms with van der Waals surface area (Å²) in [6, 6.07) is 5.66. The Morgan fingerprint density at radius 1 is 1.21 bits per heavy atom. The molecule has 0 aromatic heterocycles. The van der Waals surface area contributed by atoms with E-state index in [1.54, 1.807) is 6.92 Å². The van der Waals surface area contributed by atoms with E-state index in [-0.39, 0.29) is 17.6 Å². The summed E-state index contributed by atoms with van der Waals surface area (Å²) in [5.74, 6) is 0.242. The molecule has 3 rings (SSSR count). The van der Waals surface area contributed by atoms with Crippen molar-refractivity contribution in [1.82, 2.24) is 0 Å². The van der Waals surface area contributed by atoms with Crippen LogP contribution in [-0.4, -0.2) is 26.6 Å². The average Bonchev–Trinajstić information content (AvgIpc) is 2.61. The Morgan fingerprint density at radius 3 is 2.67 bits per heavy atom. The van der Waals surface area contributed by atoms with Gasteiger partial charge < -0.3 is 5.32 Å². The van der Waals surface area contributed by atoms with Gasteiger partial charge in [0, 0.05) is 18.2 Å². The molecular formula is C18H26N2O3S. The molecule has 1 amide bonds. The van der Waals surface area contributed by atoms with E-state index in [1.807, 2.05) is 18.2 Å². The first kappa shape index (κ1) is 17.3. The molecule has 1 aliphatic heterocycles. The minimum absolute atomic E-state index is 0.0651. The minimum Gasteiger partial charge on any atom is -0.326 e. The van der Waals surface area contributed by atoms with E-state index in [4.69, 9.17) is 0 Å². The molecule has 6 heteroatoms. The maximum atomic E-state index is 12.4. The third-order valence-electron chi connectivity index (χ3n) is 5.11. The van der Waals surface area contributed by atoms with Crippen molar-refractivity contribution >= 4 is 27.3 Å². The molecule has 0 spiro atoms. The van der Waals surface area contributed by atoms with Crippen molar-refractivity contribution in [3.05, 3.63) is 23.8 Å². The summed E-state index contributed by atoms with van der Waals surface area (Å²) in [5, 5.41) is 2.99. The molecule has 5 nitrogen and oxygen atoms in total. The van der Waals surface area contributed by atoms with Crippen molar-refractivity contribution in [2.45, 2.75) is 51.9 Å². The number of anilines is 2. The Bertz CT molecular complexity index is 709. The number of carbonyl (C=O) groups is 1. The van der Waals surface area contributed by atoms with Crippen LogP contribution in [0.25, 0.3) is 0 Å². The second-order valence-corrected chi connectivity index (χ2v) is 8.93. The maximum absolute atomic E-state index is 12.4. The fourth-order valence-electron chi connectivity index (χ4n) is 3.67. The van der Waals surface area contributed by atoms with Gasteiger partial charge in [0.15, 0.2) is 0 Å². The van der Waals surface area contributed by atoms with Crippen LogP contribution in [0.2, 0.25) is 0 Å². The van der Waals surface area contributed by atoms with E-state index >= 15 is 0 Å². The van der Waals surface area contributed by atoms with Gasteiger partial charge >= 0.3 is 0 Å². The molecule has 1 heterocycles. The smallest absolute Gasteiger partial charge is 0.234 e. The monoisotopic (exact) mass is 350 g/mol. The number of amides is 1. The van der Waals surface area contributed by atoms with E-state index in [9.17, 15) is 13.2 Å². The summed E-state index contributed by atoms with van der Waals surface area (Å²) in [6.07, 6.45) is 7.06. The van der Waals surface area contributed by atoms with Gasteiger partial charge in [0.1, 0.15) is 0 Å². The van der Waals surface area contributed by atoms with Crippen molar-refractivity contribution < 1.29 is 13.2 Å². The summed E-state index contributed by atoms with van der Waals surface area (Å²) < 4.78 is 26.2. The van der Waals surface area contributed by atoms with Crippen LogP contribution in [0.15, 0.2) is 18.2 Å². The Labute approximate surface area is 144 Å². The Kier molecular flexibility index (Phi) is 5.13. The number of carbonyl (C=O) groups excluding carboxylic acids is 1. The number of nitrogens with one attached hydrogen (secondary N) is 1. The molecule has 1 aromatic carbocycles. The van der Waals surface area contributed by atoms with E-state index in [0.29, 0.717) is 12.2 Å². The molecule has 0 bridgehead atoms. The molecular weight excluding hydrogens is 324 g/mol. The number of hydrogen-bond acceptors (Lipinski definition) is 3. The number of rotatable bonds is 4. The third kappa shape index (κ3) is 3.58. The number of sulfonamides is 1. The highest BCUT2D eigenvalue weighted by Crippen LogP contribution is 2.33. The second-order valence-electron chi connectivity index (χ2n) is 6.74. The molecule has 1 saturated carbocycles. The normalized spacial score (nSPS) is 19.0. The van der Waals surface area contributed by atoms with E-state index < -0.39 is 10.0 Å². The van der Waals surface area contributed by atoms with Gasteiger partial charge in [0.05, 0.1) is 11.4 Å². The van der Waals surface area contributed by atoms with Gasteiger partial charge in [-0.3, -0.25) is 9.10 Å². The van der Waals surface area contributed by atoms with Crippen LogP contribution in [0.4, 0.5) is 11.4 Å². The van der Waals surface area contributed by atoms with Gasteiger partial charge in [0.2, 0.25) is 15.9 Å². The summed E-state index contributed by atoms with van der Waals surface area (Å²) in [5.41, 5.74) is 2.46. The third-order valence-corrected chi connectivity index (χ3v) is 6.89. The van der Waals surface area contributed by atoms with Gasteiger partial charge in [-0.25, -0.2) is 8.42 Å². The van der Waals surface area contributed by atoms with Crippen LogP contribution >= 0.6 is 0 Å². The minimum atomic E-state index is -3.28. The molecule has 1 aromatic rings. The van der Waals surface area contributed by atoms with E-state index in [2.05, 4.69) is 5.32 Å². The van der Waals surface area contributed by atoms with Crippen molar-refractivity contribution in [3.8, 4) is 0 Å². The van der Waals surface area contributed by atoms with Gasteiger partial charge in [-0.2, -0.15) is 0 Å².